The summed E-state index contributed by atoms with van der Waals surface area (Å²) in [6.07, 6.45) is 0. The summed E-state index contributed by atoms with van der Waals surface area (Å²) in [5.41, 5.74) is 1.06. The van der Waals surface area contributed by atoms with Crippen LogP contribution in [-0.4, -0.2) is 13.7 Å². The highest BCUT2D eigenvalue weighted by Crippen LogP contribution is 2.14. The maximum atomic E-state index is 5.04. The first kappa shape index (κ1) is 9.47. The molecule has 0 atom stereocenters. The van der Waals surface area contributed by atoms with Crippen LogP contribution < -0.4 is 10.1 Å². The van der Waals surface area contributed by atoms with Gasteiger partial charge in [-0.15, -0.1) is 5.92 Å². The van der Waals surface area contributed by atoms with Crippen LogP contribution in [0.4, 0.5) is 5.69 Å². The van der Waals surface area contributed by atoms with E-state index < -0.39 is 0 Å². The zero-order chi connectivity index (χ0) is 9.52. The molecule has 0 spiro atoms. The van der Waals surface area contributed by atoms with Gasteiger partial charge in [0.25, 0.3) is 0 Å². The van der Waals surface area contributed by atoms with Gasteiger partial charge in [-0.2, -0.15) is 0 Å². The highest BCUT2D eigenvalue weighted by Gasteiger charge is 1.90. The Labute approximate surface area is 78.9 Å². The molecule has 0 bridgehead atoms. The molecular formula is C11H13NO. The van der Waals surface area contributed by atoms with Gasteiger partial charge in [-0.25, -0.2) is 0 Å². The first-order valence-corrected chi connectivity index (χ1v) is 4.14. The van der Waals surface area contributed by atoms with E-state index in [2.05, 4.69) is 17.2 Å². The van der Waals surface area contributed by atoms with Crippen molar-refractivity contribution in [3.05, 3.63) is 24.3 Å². The predicted molar refractivity (Wildman–Crippen MR) is 54.9 cm³/mol. The van der Waals surface area contributed by atoms with Crippen molar-refractivity contribution in [2.24, 2.45) is 0 Å². The first-order chi connectivity index (χ1) is 6.36. The van der Waals surface area contributed by atoms with Crippen molar-refractivity contribution in [3.8, 4) is 17.6 Å². The lowest BCUT2D eigenvalue weighted by molar-refractivity contribution is 0.415. The number of anilines is 1. The normalized spacial score (nSPS) is 8.46. The van der Waals surface area contributed by atoms with Crippen LogP contribution in [0, 0.1) is 11.8 Å². The fourth-order valence-corrected chi connectivity index (χ4v) is 0.944. The second kappa shape index (κ2) is 5.10. The first-order valence-electron chi connectivity index (χ1n) is 4.14. The molecule has 1 aromatic rings. The van der Waals surface area contributed by atoms with Crippen molar-refractivity contribution >= 4 is 5.69 Å². The molecule has 0 unspecified atom stereocenters. The second-order valence-electron chi connectivity index (χ2n) is 2.51. The van der Waals surface area contributed by atoms with Crippen LogP contribution in [0.3, 0.4) is 0 Å². The average Bonchev–Trinajstić information content (AvgIpc) is 2.19. The molecule has 0 amide bonds. The van der Waals surface area contributed by atoms with Crippen LogP contribution in [0.5, 0.6) is 5.75 Å². The Morgan fingerprint density at radius 3 is 2.54 bits per heavy atom. The van der Waals surface area contributed by atoms with Gasteiger partial charge in [0.05, 0.1) is 13.7 Å². The van der Waals surface area contributed by atoms with Gasteiger partial charge in [0.15, 0.2) is 0 Å². The number of methoxy groups -OCH3 is 1. The third-order valence-corrected chi connectivity index (χ3v) is 1.65. The van der Waals surface area contributed by atoms with Crippen molar-refractivity contribution in [1.29, 1.82) is 0 Å². The maximum absolute atomic E-state index is 5.04. The summed E-state index contributed by atoms with van der Waals surface area (Å²) >= 11 is 0. The van der Waals surface area contributed by atoms with Gasteiger partial charge in [0, 0.05) is 5.69 Å². The van der Waals surface area contributed by atoms with Crippen LogP contribution in [0.2, 0.25) is 0 Å². The topological polar surface area (TPSA) is 21.3 Å². The Morgan fingerprint density at radius 1 is 1.31 bits per heavy atom. The molecule has 2 nitrogen and oxygen atoms in total. The Morgan fingerprint density at radius 2 is 2.00 bits per heavy atom. The summed E-state index contributed by atoms with van der Waals surface area (Å²) in [6.45, 7) is 2.51. The zero-order valence-corrected chi connectivity index (χ0v) is 7.92. The number of hydrogen-bond acceptors (Lipinski definition) is 2. The molecule has 0 radical (unpaired) electrons. The maximum Gasteiger partial charge on any atom is 0.119 e. The van der Waals surface area contributed by atoms with E-state index in [9.17, 15) is 0 Å². The molecular weight excluding hydrogens is 162 g/mol. The van der Waals surface area contributed by atoms with E-state index in [0.29, 0.717) is 6.54 Å². The van der Waals surface area contributed by atoms with Crippen LogP contribution in [-0.2, 0) is 0 Å². The summed E-state index contributed by atoms with van der Waals surface area (Å²) < 4.78 is 5.04. The molecule has 0 aliphatic carbocycles. The van der Waals surface area contributed by atoms with Crippen LogP contribution >= 0.6 is 0 Å². The summed E-state index contributed by atoms with van der Waals surface area (Å²) in [6, 6.07) is 7.77. The van der Waals surface area contributed by atoms with E-state index >= 15 is 0 Å². The molecule has 68 valence electrons. The number of hydrogen-bond donors (Lipinski definition) is 1. The third kappa shape index (κ3) is 3.08. The van der Waals surface area contributed by atoms with Crippen molar-refractivity contribution in [2.75, 3.05) is 19.0 Å². The number of nitrogens with one attached hydrogen (secondary N) is 1. The molecule has 1 rings (SSSR count). The number of benzene rings is 1. The highest BCUT2D eigenvalue weighted by atomic mass is 16.5. The average molecular weight is 175 g/mol. The lowest BCUT2D eigenvalue weighted by atomic mass is 10.3. The van der Waals surface area contributed by atoms with Gasteiger partial charge in [-0.3, -0.25) is 0 Å². The van der Waals surface area contributed by atoms with Crippen molar-refractivity contribution in [3.63, 3.8) is 0 Å². The SMILES string of the molecule is CC#CCNc1ccc(OC)cc1. The lowest BCUT2D eigenvalue weighted by Crippen LogP contribution is -1.97. The van der Waals surface area contributed by atoms with Crippen LogP contribution in [0.1, 0.15) is 6.92 Å². The van der Waals surface area contributed by atoms with Gasteiger partial charge in [-0.1, -0.05) is 5.92 Å². The van der Waals surface area contributed by atoms with E-state index in [1.165, 1.54) is 0 Å². The van der Waals surface area contributed by atoms with Crippen LogP contribution in [0.25, 0.3) is 0 Å². The van der Waals surface area contributed by atoms with Crippen molar-refractivity contribution in [2.45, 2.75) is 6.92 Å². The van der Waals surface area contributed by atoms with E-state index in [4.69, 9.17) is 4.74 Å². The molecule has 0 aromatic heterocycles. The molecule has 0 aliphatic heterocycles. The molecule has 0 fully saturated rings. The third-order valence-electron chi connectivity index (χ3n) is 1.65. The molecule has 0 aliphatic rings. The molecule has 0 saturated carbocycles. The van der Waals surface area contributed by atoms with Crippen molar-refractivity contribution < 1.29 is 4.74 Å². The Balaban J connectivity index is 2.52. The van der Waals surface area contributed by atoms with E-state index in [0.717, 1.165) is 11.4 Å². The van der Waals surface area contributed by atoms with Crippen molar-refractivity contribution in [1.82, 2.24) is 0 Å². The van der Waals surface area contributed by atoms with Gasteiger partial charge in [0.1, 0.15) is 5.75 Å². The Kier molecular flexibility index (Phi) is 3.72. The molecule has 1 aromatic carbocycles. The lowest BCUT2D eigenvalue weighted by Gasteiger charge is -2.03. The van der Waals surface area contributed by atoms with Crippen LogP contribution in [0.15, 0.2) is 24.3 Å². The molecule has 1 N–H and O–H groups in total. The fourth-order valence-electron chi connectivity index (χ4n) is 0.944. The highest BCUT2D eigenvalue weighted by molar-refractivity contribution is 5.47. The van der Waals surface area contributed by atoms with E-state index in [-0.39, 0.29) is 0 Å². The smallest absolute Gasteiger partial charge is 0.119 e. The van der Waals surface area contributed by atoms with E-state index in [1.807, 2.05) is 31.2 Å². The largest absolute Gasteiger partial charge is 0.497 e. The predicted octanol–water partition coefficient (Wildman–Crippen LogP) is 2.13. The Hall–Kier alpha value is -1.62. The molecule has 2 heteroatoms. The summed E-state index contributed by atoms with van der Waals surface area (Å²) in [4.78, 5) is 0. The summed E-state index contributed by atoms with van der Waals surface area (Å²) in [5.74, 6) is 6.62. The van der Waals surface area contributed by atoms with E-state index in [1.54, 1.807) is 7.11 Å². The molecule has 0 saturated heterocycles. The quantitative estimate of drug-likeness (QED) is 0.710. The van der Waals surface area contributed by atoms with Gasteiger partial charge < -0.3 is 10.1 Å². The minimum Gasteiger partial charge on any atom is -0.497 e. The summed E-state index contributed by atoms with van der Waals surface area (Å²) in [7, 11) is 1.66. The molecule has 13 heavy (non-hydrogen) atoms. The van der Waals surface area contributed by atoms with Gasteiger partial charge >= 0.3 is 0 Å². The standard InChI is InChI=1S/C11H13NO/c1-3-4-9-12-10-5-7-11(13-2)8-6-10/h5-8,12H,9H2,1-2H3. The summed E-state index contributed by atoms with van der Waals surface area (Å²) in [5, 5.41) is 3.17. The fraction of sp³-hybridized carbons (Fsp3) is 0.273. The van der Waals surface area contributed by atoms with Gasteiger partial charge in [-0.05, 0) is 31.2 Å². The second-order valence-corrected chi connectivity index (χ2v) is 2.51. The Bertz CT molecular complexity index is 305. The van der Waals surface area contributed by atoms with Gasteiger partial charge in [0.2, 0.25) is 0 Å². The number of ether oxygens (including phenoxy) is 1. The monoisotopic (exact) mass is 175 g/mol. The minimum absolute atomic E-state index is 0.683. The molecule has 0 heterocycles. The zero-order valence-electron chi connectivity index (χ0n) is 7.92. The number of rotatable bonds is 3. The minimum atomic E-state index is 0.683.